The molecule has 0 aliphatic rings. The van der Waals surface area contributed by atoms with Crippen LogP contribution in [0.4, 0.5) is 5.69 Å². The predicted octanol–water partition coefficient (Wildman–Crippen LogP) is 4.51. The molecule has 0 radical (unpaired) electrons. The van der Waals surface area contributed by atoms with E-state index in [1.165, 1.54) is 6.33 Å². The van der Waals surface area contributed by atoms with E-state index in [1.807, 2.05) is 72.1 Å². The molecule has 1 amide bonds. The summed E-state index contributed by atoms with van der Waals surface area (Å²) < 4.78 is 1.92. The Kier molecular flexibility index (Phi) is 4.02. The van der Waals surface area contributed by atoms with Crippen molar-refractivity contribution in [1.29, 1.82) is 0 Å². The molecule has 0 bridgehead atoms. The first-order chi connectivity index (χ1) is 14.2. The number of anilines is 1. The number of aryl methyl sites for hydroxylation is 1. The standard InChI is InChI=1S/C23H17N5O/c1-15-6-4-8-17(12-15)27-23(29)19-18-9-2-3-11-28(18)22-20(19)21(25-14-26-22)16-7-5-10-24-13-16/h2-14H,1H3,(H,27,29). The third-order valence-electron chi connectivity index (χ3n) is 4.86. The summed E-state index contributed by atoms with van der Waals surface area (Å²) in [6, 6.07) is 17.3. The Hall–Kier alpha value is -4.06. The molecule has 4 aromatic heterocycles. The lowest BCUT2D eigenvalue weighted by atomic mass is 10.1. The molecule has 0 fully saturated rings. The van der Waals surface area contributed by atoms with Crippen molar-refractivity contribution in [3.8, 4) is 11.3 Å². The van der Waals surface area contributed by atoms with Crippen LogP contribution in [0.25, 0.3) is 27.8 Å². The third-order valence-corrected chi connectivity index (χ3v) is 4.86. The molecule has 1 N–H and O–H groups in total. The summed E-state index contributed by atoms with van der Waals surface area (Å²) in [7, 11) is 0. The fourth-order valence-electron chi connectivity index (χ4n) is 3.62. The molecule has 5 aromatic rings. The molecule has 0 atom stereocenters. The van der Waals surface area contributed by atoms with Crippen LogP contribution in [0.5, 0.6) is 0 Å². The van der Waals surface area contributed by atoms with Crippen molar-refractivity contribution < 1.29 is 4.79 Å². The molecular formula is C23H17N5O. The van der Waals surface area contributed by atoms with Crippen molar-refractivity contribution in [2.24, 2.45) is 0 Å². The van der Waals surface area contributed by atoms with Gasteiger partial charge in [0.25, 0.3) is 5.91 Å². The number of hydrogen-bond acceptors (Lipinski definition) is 4. The van der Waals surface area contributed by atoms with E-state index in [1.54, 1.807) is 12.4 Å². The van der Waals surface area contributed by atoms with Crippen LogP contribution in [0.1, 0.15) is 15.9 Å². The second kappa shape index (κ2) is 6.83. The van der Waals surface area contributed by atoms with E-state index in [4.69, 9.17) is 0 Å². The van der Waals surface area contributed by atoms with Crippen molar-refractivity contribution in [1.82, 2.24) is 19.4 Å². The number of amides is 1. The van der Waals surface area contributed by atoms with Gasteiger partial charge < -0.3 is 9.72 Å². The van der Waals surface area contributed by atoms with Gasteiger partial charge in [0.2, 0.25) is 0 Å². The van der Waals surface area contributed by atoms with E-state index in [9.17, 15) is 4.79 Å². The molecule has 5 rings (SSSR count). The van der Waals surface area contributed by atoms with Crippen molar-refractivity contribution in [2.75, 3.05) is 5.32 Å². The zero-order chi connectivity index (χ0) is 19.8. The average Bonchev–Trinajstić information content (AvgIpc) is 3.09. The monoisotopic (exact) mass is 379 g/mol. The van der Waals surface area contributed by atoms with Gasteiger partial charge in [0.15, 0.2) is 0 Å². The molecule has 6 heteroatoms. The Morgan fingerprint density at radius 1 is 1.03 bits per heavy atom. The zero-order valence-corrected chi connectivity index (χ0v) is 15.7. The second-order valence-corrected chi connectivity index (χ2v) is 6.82. The SMILES string of the molecule is Cc1cccc(NC(=O)c2c3c(-c4cccnc4)ncnc3n3ccccc23)c1. The molecule has 0 spiro atoms. The minimum Gasteiger partial charge on any atom is -0.322 e. The Morgan fingerprint density at radius 2 is 1.97 bits per heavy atom. The highest BCUT2D eigenvalue weighted by Gasteiger charge is 2.23. The van der Waals surface area contributed by atoms with Crippen LogP contribution >= 0.6 is 0 Å². The van der Waals surface area contributed by atoms with Gasteiger partial charge in [-0.05, 0) is 48.9 Å². The quantitative estimate of drug-likeness (QED) is 0.501. The molecule has 0 aliphatic heterocycles. The number of rotatable bonds is 3. The van der Waals surface area contributed by atoms with Gasteiger partial charge in [-0.3, -0.25) is 9.78 Å². The summed E-state index contributed by atoms with van der Waals surface area (Å²) in [4.78, 5) is 26.6. The molecular weight excluding hydrogens is 362 g/mol. The molecule has 0 saturated carbocycles. The van der Waals surface area contributed by atoms with E-state index in [0.29, 0.717) is 22.3 Å². The molecule has 0 aliphatic carbocycles. The molecule has 4 heterocycles. The summed E-state index contributed by atoms with van der Waals surface area (Å²) in [5, 5.41) is 3.73. The average molecular weight is 379 g/mol. The predicted molar refractivity (Wildman–Crippen MR) is 113 cm³/mol. The van der Waals surface area contributed by atoms with Crippen molar-refractivity contribution in [3.63, 3.8) is 0 Å². The highest BCUT2D eigenvalue weighted by Crippen LogP contribution is 2.33. The number of pyridine rings is 2. The number of nitrogens with one attached hydrogen (secondary N) is 1. The zero-order valence-electron chi connectivity index (χ0n) is 15.7. The van der Waals surface area contributed by atoms with Gasteiger partial charge in [0.05, 0.1) is 22.2 Å². The van der Waals surface area contributed by atoms with Crippen LogP contribution in [0.15, 0.2) is 79.5 Å². The second-order valence-electron chi connectivity index (χ2n) is 6.82. The number of benzene rings is 1. The summed E-state index contributed by atoms with van der Waals surface area (Å²) in [6.45, 7) is 1.99. The van der Waals surface area contributed by atoms with E-state index < -0.39 is 0 Å². The van der Waals surface area contributed by atoms with Gasteiger partial charge in [-0.1, -0.05) is 18.2 Å². The van der Waals surface area contributed by atoms with Gasteiger partial charge in [0, 0.05) is 29.8 Å². The van der Waals surface area contributed by atoms with Gasteiger partial charge in [0.1, 0.15) is 12.0 Å². The van der Waals surface area contributed by atoms with Crippen LogP contribution in [0, 0.1) is 6.92 Å². The number of hydrogen-bond donors (Lipinski definition) is 1. The molecule has 140 valence electrons. The van der Waals surface area contributed by atoms with Crippen LogP contribution in [0.3, 0.4) is 0 Å². The molecule has 29 heavy (non-hydrogen) atoms. The van der Waals surface area contributed by atoms with Crippen LogP contribution in [-0.4, -0.2) is 25.3 Å². The van der Waals surface area contributed by atoms with Gasteiger partial charge >= 0.3 is 0 Å². The van der Waals surface area contributed by atoms with Gasteiger partial charge in [-0.2, -0.15) is 0 Å². The molecule has 0 unspecified atom stereocenters. The summed E-state index contributed by atoms with van der Waals surface area (Å²) in [5.41, 5.74) is 5.34. The van der Waals surface area contributed by atoms with Gasteiger partial charge in [-0.15, -0.1) is 0 Å². The first-order valence-corrected chi connectivity index (χ1v) is 9.24. The minimum atomic E-state index is -0.200. The number of carbonyl (C=O) groups is 1. The maximum atomic E-state index is 13.4. The van der Waals surface area contributed by atoms with Crippen molar-refractivity contribution >= 4 is 28.1 Å². The molecule has 6 nitrogen and oxygen atoms in total. The van der Waals surface area contributed by atoms with Crippen molar-refractivity contribution in [2.45, 2.75) is 6.92 Å². The van der Waals surface area contributed by atoms with Crippen LogP contribution in [-0.2, 0) is 0 Å². The first kappa shape index (κ1) is 17.1. The molecule has 1 aromatic carbocycles. The highest BCUT2D eigenvalue weighted by molar-refractivity contribution is 6.20. The third kappa shape index (κ3) is 2.91. The van der Waals surface area contributed by atoms with Crippen LogP contribution < -0.4 is 5.32 Å². The Labute approximate surface area is 166 Å². The van der Waals surface area contributed by atoms with Gasteiger partial charge in [-0.25, -0.2) is 9.97 Å². The van der Waals surface area contributed by atoms with E-state index in [0.717, 1.165) is 22.3 Å². The Morgan fingerprint density at radius 3 is 2.79 bits per heavy atom. The Balaban J connectivity index is 1.77. The fourth-order valence-corrected chi connectivity index (χ4v) is 3.62. The maximum absolute atomic E-state index is 13.4. The lowest BCUT2D eigenvalue weighted by Crippen LogP contribution is -2.12. The largest absolute Gasteiger partial charge is 0.322 e. The maximum Gasteiger partial charge on any atom is 0.258 e. The Bertz CT molecular complexity index is 1360. The lowest BCUT2D eigenvalue weighted by Gasteiger charge is -2.07. The van der Waals surface area contributed by atoms with Crippen LogP contribution in [0.2, 0.25) is 0 Å². The highest BCUT2D eigenvalue weighted by atomic mass is 16.1. The first-order valence-electron chi connectivity index (χ1n) is 9.24. The summed E-state index contributed by atoms with van der Waals surface area (Å²) in [6.07, 6.45) is 6.88. The minimum absolute atomic E-state index is 0.200. The van der Waals surface area contributed by atoms with E-state index >= 15 is 0 Å². The topological polar surface area (TPSA) is 72.2 Å². The summed E-state index contributed by atoms with van der Waals surface area (Å²) >= 11 is 0. The van der Waals surface area contributed by atoms with Crippen molar-refractivity contribution in [3.05, 3.63) is 90.6 Å². The summed E-state index contributed by atoms with van der Waals surface area (Å²) in [5.74, 6) is -0.200. The number of fused-ring (bicyclic) bond motifs is 3. The van der Waals surface area contributed by atoms with E-state index in [-0.39, 0.29) is 5.91 Å². The number of nitrogens with zero attached hydrogens (tertiary/aromatic N) is 4. The smallest absolute Gasteiger partial charge is 0.258 e. The normalized spacial score (nSPS) is 11.1. The molecule has 0 saturated heterocycles. The lowest BCUT2D eigenvalue weighted by molar-refractivity contribution is 0.103. The number of aromatic nitrogens is 4. The van der Waals surface area contributed by atoms with E-state index in [2.05, 4.69) is 20.3 Å². The fraction of sp³-hybridized carbons (Fsp3) is 0.0435. The number of carbonyl (C=O) groups excluding carboxylic acids is 1.